The second-order valence-electron chi connectivity index (χ2n) is 4.84. The number of piperidine rings is 1. The zero-order valence-electron chi connectivity index (χ0n) is 10.9. The topological polar surface area (TPSA) is 101 Å². The first kappa shape index (κ1) is 14.8. The van der Waals surface area contributed by atoms with E-state index in [0.717, 1.165) is 38.8 Å². The molecule has 18 heavy (non-hydrogen) atoms. The molecule has 1 aliphatic heterocycles. The third kappa shape index (κ3) is 5.35. The van der Waals surface area contributed by atoms with Gasteiger partial charge in [-0.05, 0) is 38.1 Å². The third-order valence-corrected chi connectivity index (χ3v) is 3.28. The number of urea groups is 1. The fourth-order valence-corrected chi connectivity index (χ4v) is 2.28. The van der Waals surface area contributed by atoms with Crippen LogP contribution in [-0.2, 0) is 4.79 Å². The Morgan fingerprint density at radius 2 is 2.11 bits per heavy atom. The van der Waals surface area contributed by atoms with Gasteiger partial charge >= 0.3 is 6.03 Å². The maximum atomic E-state index is 11.9. The zero-order valence-corrected chi connectivity index (χ0v) is 10.9. The van der Waals surface area contributed by atoms with E-state index >= 15 is 0 Å². The number of nitrogens with zero attached hydrogens (tertiary/aromatic N) is 1. The van der Waals surface area contributed by atoms with E-state index in [1.807, 2.05) is 4.90 Å². The molecule has 5 N–H and O–H groups in total. The molecular weight excluding hydrogens is 232 g/mol. The lowest BCUT2D eigenvalue weighted by atomic mass is 9.97. The van der Waals surface area contributed by atoms with Crippen molar-refractivity contribution in [2.75, 3.05) is 26.2 Å². The Hall–Kier alpha value is -1.30. The largest absolute Gasteiger partial charge is 0.352 e. The van der Waals surface area contributed by atoms with Gasteiger partial charge in [-0.1, -0.05) is 0 Å². The Morgan fingerprint density at radius 3 is 2.78 bits per heavy atom. The number of hydrogen-bond acceptors (Lipinski definition) is 3. The van der Waals surface area contributed by atoms with E-state index in [-0.39, 0.29) is 5.91 Å². The normalized spacial score (nSPS) is 19.6. The molecule has 0 aromatic heterocycles. The minimum absolute atomic E-state index is 0.201. The fourth-order valence-electron chi connectivity index (χ4n) is 2.28. The summed E-state index contributed by atoms with van der Waals surface area (Å²) in [7, 11) is 0. The van der Waals surface area contributed by atoms with Crippen molar-refractivity contribution in [2.24, 2.45) is 17.4 Å². The first-order valence-electron chi connectivity index (χ1n) is 6.64. The predicted molar refractivity (Wildman–Crippen MR) is 69.8 cm³/mol. The lowest BCUT2D eigenvalue weighted by molar-refractivity contribution is -0.133. The summed E-state index contributed by atoms with van der Waals surface area (Å²) >= 11 is 0. The summed E-state index contributed by atoms with van der Waals surface area (Å²) < 4.78 is 0. The summed E-state index contributed by atoms with van der Waals surface area (Å²) in [4.78, 5) is 24.5. The van der Waals surface area contributed by atoms with Crippen LogP contribution in [0.25, 0.3) is 0 Å². The van der Waals surface area contributed by atoms with Gasteiger partial charge in [0.25, 0.3) is 0 Å². The maximum absolute atomic E-state index is 11.9. The summed E-state index contributed by atoms with van der Waals surface area (Å²) in [5, 5.41) is 2.61. The van der Waals surface area contributed by atoms with Gasteiger partial charge in [0.1, 0.15) is 0 Å². The number of unbranched alkanes of at least 4 members (excludes halogenated alkanes) is 1. The number of nitrogens with one attached hydrogen (secondary N) is 1. The molecule has 1 fully saturated rings. The van der Waals surface area contributed by atoms with Crippen LogP contribution >= 0.6 is 0 Å². The van der Waals surface area contributed by atoms with E-state index in [1.54, 1.807) is 0 Å². The van der Waals surface area contributed by atoms with E-state index in [0.29, 0.717) is 25.4 Å². The number of amides is 3. The molecular formula is C12H24N4O2. The Bertz CT molecular complexity index is 283. The van der Waals surface area contributed by atoms with Gasteiger partial charge in [-0.15, -0.1) is 0 Å². The van der Waals surface area contributed by atoms with Crippen LogP contribution in [0.4, 0.5) is 4.79 Å². The van der Waals surface area contributed by atoms with Crippen molar-refractivity contribution in [1.82, 2.24) is 10.2 Å². The smallest absolute Gasteiger partial charge is 0.312 e. The van der Waals surface area contributed by atoms with Gasteiger partial charge in [0, 0.05) is 26.1 Å². The molecule has 3 amide bonds. The van der Waals surface area contributed by atoms with Gasteiger partial charge in [-0.2, -0.15) is 0 Å². The molecule has 6 nitrogen and oxygen atoms in total. The Morgan fingerprint density at radius 1 is 1.33 bits per heavy atom. The van der Waals surface area contributed by atoms with E-state index in [9.17, 15) is 9.59 Å². The van der Waals surface area contributed by atoms with Crippen LogP contribution in [0.2, 0.25) is 0 Å². The molecule has 0 spiro atoms. The van der Waals surface area contributed by atoms with Crippen LogP contribution in [-0.4, -0.2) is 43.0 Å². The molecule has 0 saturated carbocycles. The van der Waals surface area contributed by atoms with Crippen molar-refractivity contribution in [3.05, 3.63) is 0 Å². The molecule has 0 radical (unpaired) electrons. The third-order valence-electron chi connectivity index (χ3n) is 3.28. The van der Waals surface area contributed by atoms with Gasteiger partial charge < -0.3 is 21.7 Å². The van der Waals surface area contributed by atoms with Gasteiger partial charge in [0.15, 0.2) is 0 Å². The number of carbonyl (C=O) groups is 2. The molecule has 1 aliphatic rings. The van der Waals surface area contributed by atoms with Crippen LogP contribution in [0, 0.1) is 5.92 Å². The van der Waals surface area contributed by atoms with Crippen molar-refractivity contribution in [3.8, 4) is 0 Å². The van der Waals surface area contributed by atoms with Gasteiger partial charge in [0.05, 0.1) is 0 Å². The standard InChI is InChI=1S/C12H24N4O2/c13-6-2-1-5-11(17)16-7-3-4-10(9-16)8-15-12(14)18/h10H,1-9,13H2,(H3,14,15,18). The van der Waals surface area contributed by atoms with Crippen molar-refractivity contribution in [1.29, 1.82) is 0 Å². The lowest BCUT2D eigenvalue weighted by Gasteiger charge is -2.32. The van der Waals surface area contributed by atoms with Crippen molar-refractivity contribution in [3.63, 3.8) is 0 Å². The summed E-state index contributed by atoms with van der Waals surface area (Å²) in [5.74, 6) is 0.525. The highest BCUT2D eigenvalue weighted by molar-refractivity contribution is 5.76. The average molecular weight is 256 g/mol. The molecule has 1 rings (SSSR count). The van der Waals surface area contributed by atoms with Crippen LogP contribution in [0.15, 0.2) is 0 Å². The molecule has 0 aliphatic carbocycles. The molecule has 0 aromatic rings. The van der Waals surface area contributed by atoms with Crippen LogP contribution < -0.4 is 16.8 Å². The molecule has 1 atom stereocenters. The average Bonchev–Trinajstić information content (AvgIpc) is 2.37. The Balaban J connectivity index is 2.28. The quantitative estimate of drug-likeness (QED) is 0.584. The zero-order chi connectivity index (χ0) is 13.4. The Kier molecular flexibility index (Phi) is 6.49. The highest BCUT2D eigenvalue weighted by Gasteiger charge is 2.23. The number of carbonyl (C=O) groups excluding carboxylic acids is 2. The van der Waals surface area contributed by atoms with E-state index in [4.69, 9.17) is 11.5 Å². The highest BCUT2D eigenvalue weighted by Crippen LogP contribution is 2.17. The summed E-state index contributed by atoms with van der Waals surface area (Å²) in [6.07, 6.45) is 4.36. The highest BCUT2D eigenvalue weighted by atomic mass is 16.2. The fraction of sp³-hybridized carbons (Fsp3) is 0.833. The SMILES string of the molecule is NCCCCC(=O)N1CCCC(CNC(N)=O)C1. The first-order valence-corrected chi connectivity index (χ1v) is 6.64. The van der Waals surface area contributed by atoms with Crippen LogP contribution in [0.3, 0.4) is 0 Å². The summed E-state index contributed by atoms with van der Waals surface area (Å²) in [6.45, 7) is 2.75. The van der Waals surface area contributed by atoms with Crippen molar-refractivity contribution >= 4 is 11.9 Å². The monoisotopic (exact) mass is 256 g/mol. The number of nitrogens with two attached hydrogens (primary N) is 2. The second kappa shape index (κ2) is 7.92. The van der Waals surface area contributed by atoms with E-state index < -0.39 is 6.03 Å². The Labute approximate surface area is 108 Å². The van der Waals surface area contributed by atoms with Crippen molar-refractivity contribution in [2.45, 2.75) is 32.1 Å². The molecule has 1 heterocycles. The molecule has 0 bridgehead atoms. The number of hydrogen-bond donors (Lipinski definition) is 3. The van der Waals surface area contributed by atoms with E-state index in [2.05, 4.69) is 5.32 Å². The molecule has 104 valence electrons. The lowest BCUT2D eigenvalue weighted by Crippen LogP contribution is -2.44. The molecule has 1 unspecified atom stereocenters. The van der Waals surface area contributed by atoms with Crippen molar-refractivity contribution < 1.29 is 9.59 Å². The second-order valence-corrected chi connectivity index (χ2v) is 4.84. The van der Waals surface area contributed by atoms with Gasteiger partial charge in [-0.25, -0.2) is 4.79 Å². The number of likely N-dealkylation sites (tertiary alicyclic amines) is 1. The minimum atomic E-state index is -0.499. The first-order chi connectivity index (χ1) is 8.63. The van der Waals surface area contributed by atoms with Crippen LogP contribution in [0.1, 0.15) is 32.1 Å². The predicted octanol–water partition coefficient (Wildman–Crippen LogP) is 0.0223. The molecule has 0 aromatic carbocycles. The maximum Gasteiger partial charge on any atom is 0.312 e. The van der Waals surface area contributed by atoms with Crippen LogP contribution in [0.5, 0.6) is 0 Å². The number of rotatable bonds is 6. The summed E-state index contributed by atoms with van der Waals surface area (Å²) in [5.41, 5.74) is 10.4. The number of primary amides is 1. The summed E-state index contributed by atoms with van der Waals surface area (Å²) in [6, 6.07) is -0.499. The molecule has 1 saturated heterocycles. The molecule has 6 heteroatoms. The van der Waals surface area contributed by atoms with E-state index in [1.165, 1.54) is 0 Å². The minimum Gasteiger partial charge on any atom is -0.352 e. The van der Waals surface area contributed by atoms with Gasteiger partial charge in [-0.3, -0.25) is 4.79 Å². The van der Waals surface area contributed by atoms with Gasteiger partial charge in [0.2, 0.25) is 5.91 Å².